The molecule has 1 heterocycles. The minimum atomic E-state index is -4.68. The van der Waals surface area contributed by atoms with E-state index in [-0.39, 0.29) is 24.6 Å². The smallest absolute Gasteiger partial charge is 0.417 e. The summed E-state index contributed by atoms with van der Waals surface area (Å²) in [5, 5.41) is 1.73. The van der Waals surface area contributed by atoms with Crippen LogP contribution in [0.4, 0.5) is 24.5 Å². The molecule has 170 valence electrons. The molecule has 10 heteroatoms. The highest BCUT2D eigenvalue weighted by Crippen LogP contribution is 2.36. The van der Waals surface area contributed by atoms with Gasteiger partial charge in [-0.1, -0.05) is 17.7 Å². The van der Waals surface area contributed by atoms with Gasteiger partial charge in [-0.25, -0.2) is 0 Å². The van der Waals surface area contributed by atoms with E-state index in [1.165, 1.54) is 11.0 Å². The van der Waals surface area contributed by atoms with Gasteiger partial charge in [0.2, 0.25) is 5.91 Å². The fourth-order valence-electron chi connectivity index (χ4n) is 3.28. The largest absolute Gasteiger partial charge is 0.455 e. The maximum Gasteiger partial charge on any atom is 0.417 e. The van der Waals surface area contributed by atoms with Gasteiger partial charge < -0.3 is 15.0 Å². The van der Waals surface area contributed by atoms with Crippen LogP contribution >= 0.6 is 11.6 Å². The fraction of sp³-hybridized carbons (Fsp3) is 0.318. The van der Waals surface area contributed by atoms with Crippen molar-refractivity contribution in [2.75, 3.05) is 23.4 Å². The number of carbonyl (C=O) groups excluding carboxylic acids is 3. The average molecular weight is 469 g/mol. The molecule has 0 bridgehead atoms. The molecule has 1 atom stereocenters. The standard InChI is InChI=1S/C22H20ClF3N2O4/c1-12-3-5-16(7-13(12)2)28-10-14(8-20(28)30)21(31)32-11-19(29)27-15-4-6-18(23)17(9-15)22(24,25)26/h3-7,9,14H,8,10-11H2,1-2H3,(H,27,29)/t14-/m0/s1. The molecular formula is C22H20ClF3N2O4. The third-order valence-electron chi connectivity index (χ3n) is 5.16. The lowest BCUT2D eigenvalue weighted by molar-refractivity contribution is -0.151. The molecule has 2 aromatic rings. The van der Waals surface area contributed by atoms with E-state index in [1.807, 2.05) is 26.0 Å². The first-order valence-corrected chi connectivity index (χ1v) is 10.0. The Hall–Kier alpha value is -3.07. The summed E-state index contributed by atoms with van der Waals surface area (Å²) in [7, 11) is 0. The van der Waals surface area contributed by atoms with Crippen molar-refractivity contribution in [1.82, 2.24) is 0 Å². The van der Waals surface area contributed by atoms with Crippen molar-refractivity contribution in [2.45, 2.75) is 26.4 Å². The average Bonchev–Trinajstić information content (AvgIpc) is 3.10. The molecule has 0 radical (unpaired) electrons. The molecule has 2 aromatic carbocycles. The van der Waals surface area contributed by atoms with E-state index in [4.69, 9.17) is 16.3 Å². The summed E-state index contributed by atoms with van der Waals surface area (Å²) in [6, 6.07) is 8.44. The number of ether oxygens (including phenoxy) is 1. The number of nitrogens with one attached hydrogen (secondary N) is 1. The topological polar surface area (TPSA) is 75.7 Å². The summed E-state index contributed by atoms with van der Waals surface area (Å²) in [5.74, 6) is -2.53. The molecule has 0 aliphatic carbocycles. The number of benzene rings is 2. The predicted molar refractivity (Wildman–Crippen MR) is 112 cm³/mol. The molecule has 1 aliphatic rings. The van der Waals surface area contributed by atoms with E-state index in [0.29, 0.717) is 11.8 Å². The third kappa shape index (κ3) is 5.40. The molecule has 1 N–H and O–H groups in total. The Morgan fingerprint density at radius 3 is 2.53 bits per heavy atom. The fourth-order valence-corrected chi connectivity index (χ4v) is 3.51. The van der Waals surface area contributed by atoms with Gasteiger partial charge in [0.05, 0.1) is 16.5 Å². The van der Waals surface area contributed by atoms with Crippen molar-refractivity contribution in [1.29, 1.82) is 0 Å². The molecule has 2 amide bonds. The van der Waals surface area contributed by atoms with Crippen LogP contribution in [-0.4, -0.2) is 30.9 Å². The number of halogens is 4. The lowest BCUT2D eigenvalue weighted by Crippen LogP contribution is -2.28. The van der Waals surface area contributed by atoms with Gasteiger partial charge >= 0.3 is 12.1 Å². The highest BCUT2D eigenvalue weighted by Gasteiger charge is 2.36. The lowest BCUT2D eigenvalue weighted by Gasteiger charge is -2.18. The highest BCUT2D eigenvalue weighted by molar-refractivity contribution is 6.31. The first-order chi connectivity index (χ1) is 15.0. The lowest BCUT2D eigenvalue weighted by atomic mass is 10.1. The quantitative estimate of drug-likeness (QED) is 0.655. The number of rotatable bonds is 5. The van der Waals surface area contributed by atoms with Gasteiger partial charge in [0.15, 0.2) is 6.61 Å². The van der Waals surface area contributed by atoms with Gasteiger partial charge in [-0.2, -0.15) is 13.2 Å². The van der Waals surface area contributed by atoms with Crippen molar-refractivity contribution < 1.29 is 32.3 Å². The van der Waals surface area contributed by atoms with Crippen molar-refractivity contribution in [3.63, 3.8) is 0 Å². The second-order valence-corrected chi connectivity index (χ2v) is 7.93. The molecular weight excluding hydrogens is 449 g/mol. The van der Waals surface area contributed by atoms with Crippen LogP contribution in [0.1, 0.15) is 23.1 Å². The molecule has 1 aliphatic heterocycles. The van der Waals surface area contributed by atoms with Crippen molar-refractivity contribution in [3.8, 4) is 0 Å². The van der Waals surface area contributed by atoms with Crippen LogP contribution < -0.4 is 10.2 Å². The zero-order valence-electron chi connectivity index (χ0n) is 17.3. The van der Waals surface area contributed by atoms with E-state index in [9.17, 15) is 27.6 Å². The number of hydrogen-bond donors (Lipinski definition) is 1. The molecule has 0 aromatic heterocycles. The van der Waals surface area contributed by atoms with Gasteiger partial charge in [-0.3, -0.25) is 14.4 Å². The summed E-state index contributed by atoms with van der Waals surface area (Å²) in [6.07, 6.45) is -4.74. The Bertz CT molecular complexity index is 1070. The van der Waals surface area contributed by atoms with Crippen LogP contribution in [0.5, 0.6) is 0 Å². The summed E-state index contributed by atoms with van der Waals surface area (Å²) in [4.78, 5) is 38.2. The summed E-state index contributed by atoms with van der Waals surface area (Å²) >= 11 is 5.54. The maximum atomic E-state index is 12.9. The van der Waals surface area contributed by atoms with Gasteiger partial charge in [0.25, 0.3) is 5.91 Å². The summed E-state index contributed by atoms with van der Waals surface area (Å²) < 4.78 is 43.7. The Morgan fingerprint density at radius 2 is 1.88 bits per heavy atom. The van der Waals surface area contributed by atoms with E-state index in [2.05, 4.69) is 5.32 Å². The van der Waals surface area contributed by atoms with Gasteiger partial charge in [-0.05, 0) is 55.3 Å². The number of hydrogen-bond acceptors (Lipinski definition) is 4. The zero-order chi connectivity index (χ0) is 23.6. The van der Waals surface area contributed by atoms with Crippen LogP contribution in [0.15, 0.2) is 36.4 Å². The SMILES string of the molecule is Cc1ccc(N2C[C@@H](C(=O)OCC(=O)Nc3ccc(Cl)c(C(F)(F)F)c3)CC2=O)cc1C. The van der Waals surface area contributed by atoms with E-state index in [1.54, 1.807) is 6.07 Å². The number of carbonyl (C=O) groups is 3. The molecule has 1 saturated heterocycles. The molecule has 0 unspecified atom stereocenters. The van der Waals surface area contributed by atoms with Crippen molar-refractivity contribution in [3.05, 3.63) is 58.1 Å². The van der Waals surface area contributed by atoms with Crippen LogP contribution in [0.2, 0.25) is 5.02 Å². The Kier molecular flexibility index (Phi) is 6.78. The van der Waals surface area contributed by atoms with Gasteiger partial charge in [-0.15, -0.1) is 0 Å². The number of nitrogens with zero attached hydrogens (tertiary/aromatic N) is 1. The molecule has 1 fully saturated rings. The third-order valence-corrected chi connectivity index (χ3v) is 5.49. The molecule has 0 spiro atoms. The van der Waals surface area contributed by atoms with Crippen LogP contribution in [0.25, 0.3) is 0 Å². The van der Waals surface area contributed by atoms with Crippen molar-refractivity contribution in [2.24, 2.45) is 5.92 Å². The maximum absolute atomic E-state index is 12.9. The van der Waals surface area contributed by atoms with E-state index < -0.39 is 41.2 Å². The first-order valence-electron chi connectivity index (χ1n) is 9.66. The normalized spacial score (nSPS) is 16.2. The highest BCUT2D eigenvalue weighted by atomic mass is 35.5. The number of amides is 2. The van der Waals surface area contributed by atoms with E-state index >= 15 is 0 Å². The minimum absolute atomic E-state index is 0.0560. The van der Waals surface area contributed by atoms with Crippen molar-refractivity contribution >= 4 is 40.8 Å². The van der Waals surface area contributed by atoms with Gasteiger partial charge in [0, 0.05) is 24.3 Å². The number of aryl methyl sites for hydroxylation is 2. The second-order valence-electron chi connectivity index (χ2n) is 7.52. The van der Waals surface area contributed by atoms with Gasteiger partial charge in [0.1, 0.15) is 0 Å². The molecule has 32 heavy (non-hydrogen) atoms. The first kappa shape index (κ1) is 23.6. The minimum Gasteiger partial charge on any atom is -0.455 e. The number of anilines is 2. The van der Waals surface area contributed by atoms with Crippen LogP contribution in [0, 0.1) is 19.8 Å². The Labute approximate surface area is 187 Å². The molecule has 6 nitrogen and oxygen atoms in total. The van der Waals surface area contributed by atoms with Crippen LogP contribution in [-0.2, 0) is 25.3 Å². The Morgan fingerprint density at radius 1 is 1.16 bits per heavy atom. The number of esters is 1. The summed E-state index contributed by atoms with van der Waals surface area (Å²) in [6.45, 7) is 3.29. The monoisotopic (exact) mass is 468 g/mol. The van der Waals surface area contributed by atoms with E-state index in [0.717, 1.165) is 17.2 Å². The Balaban J connectivity index is 1.56. The summed E-state index contributed by atoms with van der Waals surface area (Å²) in [5.41, 5.74) is 1.53. The molecule has 0 saturated carbocycles. The van der Waals surface area contributed by atoms with Crippen LogP contribution in [0.3, 0.4) is 0 Å². The number of alkyl halides is 3. The second kappa shape index (κ2) is 9.20. The predicted octanol–water partition coefficient (Wildman–Crippen LogP) is 4.51. The zero-order valence-corrected chi connectivity index (χ0v) is 18.0. The molecule has 3 rings (SSSR count).